The second-order valence-electron chi connectivity index (χ2n) is 6.68. The van der Waals surface area contributed by atoms with E-state index >= 15 is 0 Å². The number of nitrogens with zero attached hydrogens (tertiary/aromatic N) is 3. The normalized spacial score (nSPS) is 23.0. The fourth-order valence-electron chi connectivity index (χ4n) is 3.48. The Morgan fingerprint density at radius 1 is 1.32 bits per heavy atom. The fourth-order valence-corrected chi connectivity index (χ4v) is 5.98. The lowest BCUT2D eigenvalue weighted by Crippen LogP contribution is -2.33. The zero-order valence-corrected chi connectivity index (χ0v) is 15.8. The minimum absolute atomic E-state index is 0.00930. The van der Waals surface area contributed by atoms with Gasteiger partial charge in [0.25, 0.3) is 0 Å². The van der Waals surface area contributed by atoms with Gasteiger partial charge in [-0.25, -0.2) is 8.42 Å². The molecule has 0 bridgehead atoms. The molecule has 0 unspecified atom stereocenters. The summed E-state index contributed by atoms with van der Waals surface area (Å²) in [6.07, 6.45) is 6.79. The molecule has 1 saturated carbocycles. The molecule has 1 aliphatic carbocycles. The van der Waals surface area contributed by atoms with Gasteiger partial charge in [0.15, 0.2) is 15.0 Å². The van der Waals surface area contributed by atoms with Gasteiger partial charge in [0.05, 0.1) is 17.3 Å². The zero-order chi connectivity index (χ0) is 17.9. The number of hydrogen-bond donors (Lipinski definition) is 1. The second-order valence-corrected chi connectivity index (χ2v) is 9.85. The van der Waals surface area contributed by atoms with Crippen LogP contribution in [0.25, 0.3) is 0 Å². The molecule has 3 rings (SSSR count). The smallest absolute Gasteiger partial charge is 0.230 e. The second kappa shape index (κ2) is 7.90. The lowest BCUT2D eigenvalue weighted by Gasteiger charge is -2.13. The Labute approximate surface area is 152 Å². The molecule has 138 valence electrons. The van der Waals surface area contributed by atoms with Crippen molar-refractivity contribution in [2.45, 2.75) is 55.8 Å². The largest absolute Gasteiger partial charge is 0.353 e. The number of rotatable bonds is 7. The lowest BCUT2D eigenvalue weighted by atomic mass is 10.1. The van der Waals surface area contributed by atoms with E-state index in [9.17, 15) is 13.2 Å². The highest BCUT2D eigenvalue weighted by atomic mass is 32.2. The summed E-state index contributed by atoms with van der Waals surface area (Å²) in [6, 6.07) is 0.304. The number of hydrogen-bond acceptors (Lipinski definition) is 6. The van der Waals surface area contributed by atoms with Crippen LogP contribution in [0.2, 0.25) is 0 Å². The van der Waals surface area contributed by atoms with Crippen molar-refractivity contribution >= 4 is 27.5 Å². The first-order chi connectivity index (χ1) is 12.0. The first kappa shape index (κ1) is 18.4. The molecule has 1 saturated heterocycles. The van der Waals surface area contributed by atoms with E-state index in [0.717, 1.165) is 12.8 Å². The molecule has 2 aliphatic rings. The SMILES string of the molecule is C=CCn1c(SCC(=O)NC2CCCC2)nnc1[C@@H]1CCS(=O)(=O)C1. The van der Waals surface area contributed by atoms with Crippen molar-refractivity contribution in [3.05, 3.63) is 18.5 Å². The standard InChI is InChI=1S/C16H24N4O3S2/c1-2-8-20-15(12-7-9-25(22,23)11-12)18-19-16(20)24-10-14(21)17-13-5-3-4-6-13/h2,12-13H,1,3-11H2,(H,17,21)/t12-/m1/s1. The van der Waals surface area contributed by atoms with Crippen molar-refractivity contribution < 1.29 is 13.2 Å². The molecule has 0 spiro atoms. The number of allylic oxidation sites excluding steroid dienone is 1. The highest BCUT2D eigenvalue weighted by Crippen LogP contribution is 2.30. The molecule has 25 heavy (non-hydrogen) atoms. The molecule has 1 aromatic heterocycles. The Balaban J connectivity index is 1.64. The van der Waals surface area contributed by atoms with E-state index in [0.29, 0.717) is 30.0 Å². The molecular weight excluding hydrogens is 360 g/mol. The monoisotopic (exact) mass is 384 g/mol. The van der Waals surface area contributed by atoms with Gasteiger partial charge in [-0.1, -0.05) is 30.7 Å². The molecule has 1 aliphatic heterocycles. The van der Waals surface area contributed by atoms with E-state index in [1.807, 2.05) is 4.57 Å². The summed E-state index contributed by atoms with van der Waals surface area (Å²) in [6.45, 7) is 4.26. The van der Waals surface area contributed by atoms with Gasteiger partial charge >= 0.3 is 0 Å². The molecule has 9 heteroatoms. The summed E-state index contributed by atoms with van der Waals surface area (Å²) >= 11 is 1.34. The van der Waals surface area contributed by atoms with Crippen LogP contribution >= 0.6 is 11.8 Å². The predicted molar refractivity (Wildman–Crippen MR) is 97.4 cm³/mol. The molecule has 1 amide bonds. The van der Waals surface area contributed by atoms with Crippen LogP contribution in [0.5, 0.6) is 0 Å². The number of thioether (sulfide) groups is 1. The number of amides is 1. The van der Waals surface area contributed by atoms with E-state index < -0.39 is 9.84 Å². The van der Waals surface area contributed by atoms with Gasteiger partial charge in [-0.15, -0.1) is 16.8 Å². The van der Waals surface area contributed by atoms with E-state index in [2.05, 4.69) is 22.1 Å². The third kappa shape index (κ3) is 4.63. The molecule has 1 aromatic rings. The molecule has 2 heterocycles. The topological polar surface area (TPSA) is 93.9 Å². The lowest BCUT2D eigenvalue weighted by molar-refractivity contribution is -0.119. The van der Waals surface area contributed by atoms with Crippen LogP contribution in [-0.4, -0.2) is 52.4 Å². The number of sulfone groups is 1. The summed E-state index contributed by atoms with van der Waals surface area (Å²) in [5.74, 6) is 1.17. The average Bonchev–Trinajstić information content (AvgIpc) is 3.27. The van der Waals surface area contributed by atoms with Crippen molar-refractivity contribution in [3.63, 3.8) is 0 Å². The van der Waals surface area contributed by atoms with Gasteiger partial charge in [-0.2, -0.15) is 0 Å². The van der Waals surface area contributed by atoms with Crippen LogP contribution in [-0.2, 0) is 21.2 Å². The van der Waals surface area contributed by atoms with Gasteiger partial charge in [0.2, 0.25) is 5.91 Å². The van der Waals surface area contributed by atoms with Crippen molar-refractivity contribution in [2.75, 3.05) is 17.3 Å². The third-order valence-corrected chi connectivity index (χ3v) is 7.44. The molecule has 1 N–H and O–H groups in total. The van der Waals surface area contributed by atoms with Gasteiger partial charge in [-0.3, -0.25) is 4.79 Å². The first-order valence-corrected chi connectivity index (χ1v) is 11.5. The van der Waals surface area contributed by atoms with E-state index in [1.54, 1.807) is 6.08 Å². The summed E-state index contributed by atoms with van der Waals surface area (Å²) < 4.78 is 25.3. The summed E-state index contributed by atoms with van der Waals surface area (Å²) in [5, 5.41) is 12.1. The quantitative estimate of drug-likeness (QED) is 0.566. The molecule has 7 nitrogen and oxygen atoms in total. The van der Waals surface area contributed by atoms with Crippen LogP contribution in [0.4, 0.5) is 0 Å². The van der Waals surface area contributed by atoms with Crippen molar-refractivity contribution in [3.8, 4) is 0 Å². The van der Waals surface area contributed by atoms with Crippen LogP contribution in [0.15, 0.2) is 17.8 Å². The Kier molecular flexibility index (Phi) is 5.83. The molecule has 2 fully saturated rings. The van der Waals surface area contributed by atoms with Crippen LogP contribution in [0.1, 0.15) is 43.8 Å². The maximum absolute atomic E-state index is 12.1. The fraction of sp³-hybridized carbons (Fsp3) is 0.688. The van der Waals surface area contributed by atoms with Crippen molar-refractivity contribution in [1.82, 2.24) is 20.1 Å². The van der Waals surface area contributed by atoms with E-state index in [1.165, 1.54) is 24.6 Å². The predicted octanol–water partition coefficient (Wildman–Crippen LogP) is 1.52. The highest BCUT2D eigenvalue weighted by molar-refractivity contribution is 7.99. The number of aromatic nitrogens is 3. The van der Waals surface area contributed by atoms with Crippen LogP contribution in [0, 0.1) is 0 Å². The Hall–Kier alpha value is -1.35. The molecule has 0 radical (unpaired) electrons. The Morgan fingerprint density at radius 2 is 2.08 bits per heavy atom. The number of nitrogens with one attached hydrogen (secondary N) is 1. The van der Waals surface area contributed by atoms with Gasteiger partial charge < -0.3 is 9.88 Å². The van der Waals surface area contributed by atoms with Crippen molar-refractivity contribution in [2.24, 2.45) is 0 Å². The van der Waals surface area contributed by atoms with E-state index in [-0.39, 0.29) is 29.1 Å². The Bertz CT molecular complexity index is 739. The maximum Gasteiger partial charge on any atom is 0.230 e. The number of carbonyl (C=O) groups is 1. The molecule has 1 atom stereocenters. The highest BCUT2D eigenvalue weighted by Gasteiger charge is 2.33. The minimum Gasteiger partial charge on any atom is -0.353 e. The zero-order valence-electron chi connectivity index (χ0n) is 14.2. The molecule has 0 aromatic carbocycles. The molecular formula is C16H24N4O3S2. The maximum atomic E-state index is 12.1. The summed E-state index contributed by atoms with van der Waals surface area (Å²) in [4.78, 5) is 12.1. The van der Waals surface area contributed by atoms with Gasteiger partial charge in [0.1, 0.15) is 5.82 Å². The number of carbonyl (C=O) groups excluding carboxylic acids is 1. The van der Waals surface area contributed by atoms with Crippen LogP contribution in [0.3, 0.4) is 0 Å². The summed E-state index contributed by atoms with van der Waals surface area (Å²) in [5.41, 5.74) is 0. The Morgan fingerprint density at radius 3 is 2.72 bits per heavy atom. The van der Waals surface area contributed by atoms with Gasteiger partial charge in [-0.05, 0) is 19.3 Å². The van der Waals surface area contributed by atoms with Gasteiger partial charge in [0, 0.05) is 18.5 Å². The minimum atomic E-state index is -2.98. The average molecular weight is 385 g/mol. The third-order valence-electron chi connectivity index (χ3n) is 4.71. The van der Waals surface area contributed by atoms with Crippen molar-refractivity contribution in [1.29, 1.82) is 0 Å². The van der Waals surface area contributed by atoms with Crippen LogP contribution < -0.4 is 5.32 Å². The first-order valence-electron chi connectivity index (χ1n) is 8.65. The van der Waals surface area contributed by atoms with E-state index in [4.69, 9.17) is 0 Å². The summed E-state index contributed by atoms with van der Waals surface area (Å²) in [7, 11) is -2.98.